The highest BCUT2D eigenvalue weighted by Gasteiger charge is 2.10. The van der Waals surface area contributed by atoms with Crippen LogP contribution < -0.4 is 21.5 Å². The standard InChI is InChI=1S/C15H18N6O3S/c1-2-13-19-21-15(25-13)17-11(22)8-9-12(23)18-20-14(24)16-10-6-4-3-5-7-10/h3-7H,2,8-9H2,1H3,(H,18,23)(H2,16,20,24)(H,17,21,22). The summed E-state index contributed by atoms with van der Waals surface area (Å²) in [6, 6.07) is 8.21. The van der Waals surface area contributed by atoms with Gasteiger partial charge in [-0.05, 0) is 18.6 Å². The predicted molar refractivity (Wildman–Crippen MR) is 93.9 cm³/mol. The van der Waals surface area contributed by atoms with Gasteiger partial charge in [-0.3, -0.25) is 15.0 Å². The molecular formula is C15H18N6O3S. The first-order valence-corrected chi connectivity index (χ1v) is 8.41. The molecule has 0 aliphatic carbocycles. The number of aryl methyl sites for hydroxylation is 1. The summed E-state index contributed by atoms with van der Waals surface area (Å²) in [5.74, 6) is -0.826. The molecule has 1 heterocycles. The van der Waals surface area contributed by atoms with E-state index < -0.39 is 11.9 Å². The first-order valence-electron chi connectivity index (χ1n) is 7.60. The molecule has 2 aromatic rings. The third-order valence-corrected chi connectivity index (χ3v) is 3.92. The Bertz CT molecular complexity index is 734. The fourth-order valence-corrected chi connectivity index (χ4v) is 2.42. The zero-order valence-electron chi connectivity index (χ0n) is 13.5. The van der Waals surface area contributed by atoms with Crippen molar-refractivity contribution in [3.8, 4) is 0 Å². The molecule has 9 nitrogen and oxygen atoms in total. The maximum atomic E-state index is 11.7. The highest BCUT2D eigenvalue weighted by atomic mass is 32.1. The fourth-order valence-electron chi connectivity index (χ4n) is 1.73. The molecule has 0 fully saturated rings. The minimum Gasteiger partial charge on any atom is -0.307 e. The normalized spacial score (nSPS) is 9.96. The highest BCUT2D eigenvalue weighted by molar-refractivity contribution is 7.15. The third-order valence-electron chi connectivity index (χ3n) is 2.94. The Morgan fingerprint density at radius 2 is 1.68 bits per heavy atom. The molecule has 0 spiro atoms. The van der Waals surface area contributed by atoms with Gasteiger partial charge in [0, 0.05) is 18.5 Å². The van der Waals surface area contributed by atoms with E-state index in [1.54, 1.807) is 24.3 Å². The molecule has 25 heavy (non-hydrogen) atoms. The van der Waals surface area contributed by atoms with Crippen molar-refractivity contribution >= 4 is 40.0 Å². The highest BCUT2D eigenvalue weighted by Crippen LogP contribution is 2.15. The molecule has 0 saturated carbocycles. The van der Waals surface area contributed by atoms with Crippen molar-refractivity contribution in [3.05, 3.63) is 35.3 Å². The summed E-state index contributed by atoms with van der Waals surface area (Å²) >= 11 is 1.29. The summed E-state index contributed by atoms with van der Waals surface area (Å²) in [4.78, 5) is 35.0. The maximum absolute atomic E-state index is 11.7. The second-order valence-electron chi connectivity index (χ2n) is 4.90. The number of benzene rings is 1. The molecule has 0 unspecified atom stereocenters. The lowest BCUT2D eigenvalue weighted by Crippen LogP contribution is -2.44. The van der Waals surface area contributed by atoms with Crippen LogP contribution in [0.2, 0.25) is 0 Å². The molecule has 4 amide bonds. The maximum Gasteiger partial charge on any atom is 0.337 e. The van der Waals surface area contributed by atoms with Crippen LogP contribution in [0.3, 0.4) is 0 Å². The third kappa shape index (κ3) is 6.55. The quantitative estimate of drug-likeness (QED) is 0.582. The fraction of sp³-hybridized carbons (Fsp3) is 0.267. The topological polar surface area (TPSA) is 125 Å². The number of anilines is 2. The second-order valence-corrected chi connectivity index (χ2v) is 5.96. The predicted octanol–water partition coefficient (Wildman–Crippen LogP) is 1.67. The summed E-state index contributed by atoms with van der Waals surface area (Å²) in [5, 5.41) is 14.1. The first kappa shape index (κ1) is 18.3. The van der Waals surface area contributed by atoms with Gasteiger partial charge in [-0.15, -0.1) is 10.2 Å². The number of nitrogens with zero attached hydrogens (tertiary/aromatic N) is 2. The van der Waals surface area contributed by atoms with Gasteiger partial charge in [0.2, 0.25) is 16.9 Å². The van der Waals surface area contributed by atoms with Crippen LogP contribution in [0.4, 0.5) is 15.6 Å². The number of hydrogen-bond acceptors (Lipinski definition) is 6. The average molecular weight is 362 g/mol. The van der Waals surface area contributed by atoms with Crippen LogP contribution in [0.25, 0.3) is 0 Å². The van der Waals surface area contributed by atoms with Crippen molar-refractivity contribution in [2.45, 2.75) is 26.2 Å². The van der Waals surface area contributed by atoms with Gasteiger partial charge in [0.15, 0.2) is 0 Å². The van der Waals surface area contributed by atoms with Crippen molar-refractivity contribution in [2.75, 3.05) is 10.6 Å². The molecule has 4 N–H and O–H groups in total. The van der Waals surface area contributed by atoms with Crippen LogP contribution in [0.1, 0.15) is 24.8 Å². The van der Waals surface area contributed by atoms with Crippen LogP contribution in [-0.4, -0.2) is 28.0 Å². The lowest BCUT2D eigenvalue weighted by atomic mass is 10.3. The van der Waals surface area contributed by atoms with Gasteiger partial charge < -0.3 is 10.6 Å². The number of rotatable bonds is 6. The summed E-state index contributed by atoms with van der Waals surface area (Å²) < 4.78 is 0. The van der Waals surface area contributed by atoms with Gasteiger partial charge in [0.25, 0.3) is 0 Å². The Morgan fingerprint density at radius 3 is 2.36 bits per heavy atom. The number of carbonyl (C=O) groups is 3. The molecule has 10 heteroatoms. The number of nitrogens with one attached hydrogen (secondary N) is 4. The van der Waals surface area contributed by atoms with E-state index in [9.17, 15) is 14.4 Å². The minimum absolute atomic E-state index is 0.0329. The Kier molecular flexibility index (Phi) is 6.84. The van der Waals surface area contributed by atoms with Crippen molar-refractivity contribution in [1.29, 1.82) is 0 Å². The Morgan fingerprint density at radius 1 is 0.960 bits per heavy atom. The molecule has 0 atom stereocenters. The van der Waals surface area contributed by atoms with Crippen LogP contribution in [0.5, 0.6) is 0 Å². The molecule has 2 rings (SSSR count). The van der Waals surface area contributed by atoms with E-state index in [0.29, 0.717) is 10.8 Å². The lowest BCUT2D eigenvalue weighted by Gasteiger charge is -2.08. The molecule has 0 aliphatic heterocycles. The Hall–Kier alpha value is -3.01. The van der Waals surface area contributed by atoms with E-state index >= 15 is 0 Å². The van der Waals surface area contributed by atoms with Gasteiger partial charge in [0.1, 0.15) is 5.01 Å². The number of hydrazine groups is 1. The zero-order chi connectivity index (χ0) is 18.1. The van der Waals surface area contributed by atoms with E-state index in [4.69, 9.17) is 0 Å². The molecular weight excluding hydrogens is 344 g/mol. The van der Waals surface area contributed by atoms with Gasteiger partial charge >= 0.3 is 6.03 Å². The summed E-state index contributed by atoms with van der Waals surface area (Å²) in [5.41, 5.74) is 5.04. The number of carbonyl (C=O) groups excluding carboxylic acids is 3. The average Bonchev–Trinajstić information content (AvgIpc) is 3.06. The SMILES string of the molecule is CCc1nnc(NC(=O)CCC(=O)NNC(=O)Nc2ccccc2)s1. The molecule has 1 aromatic heterocycles. The van der Waals surface area contributed by atoms with E-state index in [0.717, 1.165) is 11.4 Å². The molecule has 0 radical (unpaired) electrons. The van der Waals surface area contributed by atoms with Gasteiger partial charge in [-0.2, -0.15) is 0 Å². The van der Waals surface area contributed by atoms with Crippen LogP contribution in [-0.2, 0) is 16.0 Å². The van der Waals surface area contributed by atoms with Crippen molar-refractivity contribution in [3.63, 3.8) is 0 Å². The first-order chi connectivity index (χ1) is 12.1. The monoisotopic (exact) mass is 362 g/mol. The smallest absolute Gasteiger partial charge is 0.307 e. The number of para-hydroxylation sites is 1. The number of amides is 4. The molecule has 0 saturated heterocycles. The number of hydrogen-bond donors (Lipinski definition) is 4. The van der Waals surface area contributed by atoms with E-state index in [2.05, 4.69) is 31.7 Å². The Balaban J connectivity index is 1.64. The lowest BCUT2D eigenvalue weighted by molar-refractivity contribution is -0.124. The van der Waals surface area contributed by atoms with E-state index in [-0.39, 0.29) is 18.7 Å². The minimum atomic E-state index is -0.579. The number of urea groups is 1. The molecule has 1 aromatic carbocycles. The Labute approximate surface area is 148 Å². The summed E-state index contributed by atoms with van der Waals surface area (Å²) in [6.45, 7) is 1.94. The van der Waals surface area contributed by atoms with Crippen molar-refractivity contribution < 1.29 is 14.4 Å². The summed E-state index contributed by atoms with van der Waals surface area (Å²) in [7, 11) is 0. The van der Waals surface area contributed by atoms with Crippen LogP contribution in [0.15, 0.2) is 30.3 Å². The van der Waals surface area contributed by atoms with Crippen molar-refractivity contribution in [1.82, 2.24) is 21.0 Å². The van der Waals surface area contributed by atoms with Gasteiger partial charge in [-0.25, -0.2) is 10.2 Å². The molecule has 0 aliphatic rings. The van der Waals surface area contributed by atoms with E-state index in [1.165, 1.54) is 11.3 Å². The second kappa shape index (κ2) is 9.33. The van der Waals surface area contributed by atoms with Crippen molar-refractivity contribution in [2.24, 2.45) is 0 Å². The van der Waals surface area contributed by atoms with Gasteiger partial charge in [0.05, 0.1) is 0 Å². The van der Waals surface area contributed by atoms with Gasteiger partial charge in [-0.1, -0.05) is 36.5 Å². The van der Waals surface area contributed by atoms with Crippen LogP contribution in [0, 0.1) is 0 Å². The van der Waals surface area contributed by atoms with E-state index in [1.807, 2.05) is 13.0 Å². The molecule has 0 bridgehead atoms. The number of aromatic nitrogens is 2. The van der Waals surface area contributed by atoms with Crippen LogP contribution >= 0.6 is 11.3 Å². The largest absolute Gasteiger partial charge is 0.337 e. The zero-order valence-corrected chi connectivity index (χ0v) is 14.4. The summed E-state index contributed by atoms with van der Waals surface area (Å²) in [6.07, 6.45) is 0.637. The molecule has 132 valence electrons.